The van der Waals surface area contributed by atoms with Gasteiger partial charge < -0.3 is 10.5 Å². The molecule has 1 rings (SSSR count). The van der Waals surface area contributed by atoms with E-state index >= 15 is 0 Å². The molecule has 0 aliphatic rings. The van der Waals surface area contributed by atoms with Crippen LogP contribution in [0, 0.1) is 0 Å². The van der Waals surface area contributed by atoms with Crippen LogP contribution < -0.4 is 5.73 Å². The van der Waals surface area contributed by atoms with E-state index in [0.29, 0.717) is 13.0 Å². The average molecular weight is 250 g/mol. The zero-order valence-corrected chi connectivity index (χ0v) is 11.2. The fourth-order valence-corrected chi connectivity index (χ4v) is 1.81. The number of methoxy groups -OCH3 is 1. The molecule has 0 radical (unpaired) electrons. The maximum absolute atomic E-state index is 11.1. The number of nitrogens with two attached hydrogens (primary N) is 1. The number of hydrogen-bond donors (Lipinski definition) is 1. The number of esters is 1. The van der Waals surface area contributed by atoms with E-state index in [4.69, 9.17) is 5.73 Å². The molecule has 0 amide bonds. The van der Waals surface area contributed by atoms with Crippen LogP contribution in [-0.4, -0.2) is 31.1 Å². The lowest BCUT2D eigenvalue weighted by molar-refractivity contribution is -0.141. The molecule has 0 aliphatic carbocycles. The Bertz CT molecular complexity index is 380. The molecule has 0 saturated carbocycles. The van der Waals surface area contributed by atoms with Gasteiger partial charge in [0.1, 0.15) is 0 Å². The molecule has 0 fully saturated rings. The Hall–Kier alpha value is -1.39. The lowest BCUT2D eigenvalue weighted by atomic mass is 10.1. The van der Waals surface area contributed by atoms with Gasteiger partial charge in [-0.25, -0.2) is 0 Å². The molecule has 18 heavy (non-hydrogen) atoms. The minimum absolute atomic E-state index is 0.163. The van der Waals surface area contributed by atoms with Gasteiger partial charge in [0, 0.05) is 19.6 Å². The zero-order valence-electron chi connectivity index (χ0n) is 11.2. The van der Waals surface area contributed by atoms with Crippen molar-refractivity contribution in [3.63, 3.8) is 0 Å². The molecule has 0 saturated heterocycles. The fraction of sp³-hybridized carbons (Fsp3) is 0.500. The second-order valence-electron chi connectivity index (χ2n) is 4.22. The van der Waals surface area contributed by atoms with Crippen molar-refractivity contribution in [1.29, 1.82) is 0 Å². The van der Waals surface area contributed by atoms with Gasteiger partial charge in [0.15, 0.2) is 0 Å². The van der Waals surface area contributed by atoms with E-state index in [9.17, 15) is 4.79 Å². The number of carbonyl (C=O) groups is 1. The monoisotopic (exact) mass is 250 g/mol. The molecule has 0 aromatic heterocycles. The Morgan fingerprint density at radius 3 is 2.72 bits per heavy atom. The third-order valence-electron chi connectivity index (χ3n) is 2.94. The first kappa shape index (κ1) is 14.7. The van der Waals surface area contributed by atoms with Gasteiger partial charge in [0.05, 0.1) is 13.5 Å². The minimum Gasteiger partial charge on any atom is -0.469 e. The van der Waals surface area contributed by atoms with E-state index in [2.05, 4.69) is 28.7 Å². The van der Waals surface area contributed by atoms with Crippen LogP contribution in [0.2, 0.25) is 0 Å². The van der Waals surface area contributed by atoms with Gasteiger partial charge in [0.2, 0.25) is 0 Å². The summed E-state index contributed by atoms with van der Waals surface area (Å²) in [6.45, 7) is 5.10. The number of ether oxygens (including phenoxy) is 1. The van der Waals surface area contributed by atoms with E-state index in [0.717, 1.165) is 25.2 Å². The normalized spacial score (nSPS) is 10.7. The summed E-state index contributed by atoms with van der Waals surface area (Å²) >= 11 is 0. The summed E-state index contributed by atoms with van der Waals surface area (Å²) in [4.78, 5) is 13.3. The summed E-state index contributed by atoms with van der Waals surface area (Å²) in [7, 11) is 1.42. The summed E-state index contributed by atoms with van der Waals surface area (Å²) in [6.07, 6.45) is 0.431. The lowest BCUT2D eigenvalue weighted by Gasteiger charge is -2.20. The number of benzene rings is 1. The standard InChI is InChI=1S/C14H22N2O2/c1-3-16(8-7-14(17)18-2)11-13-6-4-5-12(9-13)10-15/h4-6,9H,3,7-8,10-11,15H2,1-2H3. The van der Waals surface area contributed by atoms with Crippen molar-refractivity contribution in [3.8, 4) is 0 Å². The maximum atomic E-state index is 11.1. The largest absolute Gasteiger partial charge is 0.469 e. The van der Waals surface area contributed by atoms with Crippen LogP contribution in [0.15, 0.2) is 24.3 Å². The second-order valence-corrected chi connectivity index (χ2v) is 4.22. The quantitative estimate of drug-likeness (QED) is 0.746. The molecule has 0 bridgehead atoms. The van der Waals surface area contributed by atoms with Crippen LogP contribution in [0.5, 0.6) is 0 Å². The van der Waals surface area contributed by atoms with Crippen molar-refractivity contribution in [2.24, 2.45) is 5.73 Å². The van der Waals surface area contributed by atoms with E-state index in [1.807, 2.05) is 12.1 Å². The molecule has 0 aliphatic heterocycles. The highest BCUT2D eigenvalue weighted by atomic mass is 16.5. The van der Waals surface area contributed by atoms with Crippen LogP contribution in [0.1, 0.15) is 24.5 Å². The van der Waals surface area contributed by atoms with Crippen molar-refractivity contribution in [2.75, 3.05) is 20.2 Å². The Morgan fingerprint density at radius 2 is 2.11 bits per heavy atom. The summed E-state index contributed by atoms with van der Waals surface area (Å²) < 4.78 is 4.65. The molecule has 1 aromatic rings. The van der Waals surface area contributed by atoms with Gasteiger partial charge in [-0.05, 0) is 17.7 Å². The van der Waals surface area contributed by atoms with Crippen molar-refractivity contribution in [3.05, 3.63) is 35.4 Å². The summed E-state index contributed by atoms with van der Waals surface area (Å²) in [5.41, 5.74) is 7.99. The topological polar surface area (TPSA) is 55.6 Å². The van der Waals surface area contributed by atoms with Crippen LogP contribution in [0.3, 0.4) is 0 Å². The molecule has 1 aromatic carbocycles. The predicted molar refractivity (Wildman–Crippen MR) is 71.9 cm³/mol. The van der Waals surface area contributed by atoms with Crippen LogP contribution in [0.4, 0.5) is 0 Å². The highest BCUT2D eigenvalue weighted by Gasteiger charge is 2.07. The van der Waals surface area contributed by atoms with E-state index in [1.165, 1.54) is 12.7 Å². The molecule has 4 nitrogen and oxygen atoms in total. The first-order chi connectivity index (χ1) is 8.69. The molecular weight excluding hydrogens is 228 g/mol. The van der Waals surface area contributed by atoms with Crippen LogP contribution in [-0.2, 0) is 22.6 Å². The van der Waals surface area contributed by atoms with Gasteiger partial charge in [-0.1, -0.05) is 31.2 Å². The smallest absolute Gasteiger partial charge is 0.306 e. The average Bonchev–Trinajstić information content (AvgIpc) is 2.43. The molecule has 0 unspecified atom stereocenters. The molecule has 2 N–H and O–H groups in total. The summed E-state index contributed by atoms with van der Waals surface area (Å²) in [5, 5.41) is 0. The minimum atomic E-state index is -0.163. The highest BCUT2D eigenvalue weighted by molar-refractivity contribution is 5.69. The summed E-state index contributed by atoms with van der Waals surface area (Å²) in [6, 6.07) is 8.24. The zero-order chi connectivity index (χ0) is 13.4. The molecular formula is C14H22N2O2. The molecule has 4 heteroatoms. The van der Waals surface area contributed by atoms with E-state index in [1.54, 1.807) is 0 Å². The van der Waals surface area contributed by atoms with Crippen molar-refractivity contribution in [2.45, 2.75) is 26.4 Å². The van der Waals surface area contributed by atoms with Crippen LogP contribution in [0.25, 0.3) is 0 Å². The first-order valence-electron chi connectivity index (χ1n) is 6.26. The van der Waals surface area contributed by atoms with E-state index in [-0.39, 0.29) is 5.97 Å². The van der Waals surface area contributed by atoms with Gasteiger partial charge in [-0.3, -0.25) is 9.69 Å². The number of nitrogens with zero attached hydrogens (tertiary/aromatic N) is 1. The van der Waals surface area contributed by atoms with Crippen LogP contribution >= 0.6 is 0 Å². The summed E-state index contributed by atoms with van der Waals surface area (Å²) in [5.74, 6) is -0.163. The third kappa shape index (κ3) is 4.85. The molecule has 0 heterocycles. The predicted octanol–water partition coefficient (Wildman–Crippen LogP) is 1.53. The van der Waals surface area contributed by atoms with Gasteiger partial charge in [-0.2, -0.15) is 0 Å². The second kappa shape index (κ2) is 7.84. The van der Waals surface area contributed by atoms with Crippen molar-refractivity contribution >= 4 is 5.97 Å². The SMILES string of the molecule is CCN(CCC(=O)OC)Cc1cccc(CN)c1. The fourth-order valence-electron chi connectivity index (χ4n) is 1.81. The number of carbonyl (C=O) groups excluding carboxylic acids is 1. The highest BCUT2D eigenvalue weighted by Crippen LogP contribution is 2.08. The Labute approximate surface area is 109 Å². The third-order valence-corrected chi connectivity index (χ3v) is 2.94. The Balaban J connectivity index is 2.53. The number of rotatable bonds is 7. The van der Waals surface area contributed by atoms with Gasteiger partial charge in [0.25, 0.3) is 0 Å². The molecule has 0 atom stereocenters. The first-order valence-corrected chi connectivity index (χ1v) is 6.26. The molecule has 100 valence electrons. The maximum Gasteiger partial charge on any atom is 0.306 e. The van der Waals surface area contributed by atoms with E-state index < -0.39 is 0 Å². The lowest BCUT2D eigenvalue weighted by Crippen LogP contribution is -2.26. The van der Waals surface area contributed by atoms with Gasteiger partial charge in [-0.15, -0.1) is 0 Å². The number of hydrogen-bond acceptors (Lipinski definition) is 4. The van der Waals surface area contributed by atoms with Gasteiger partial charge >= 0.3 is 5.97 Å². The van der Waals surface area contributed by atoms with Crippen molar-refractivity contribution in [1.82, 2.24) is 4.90 Å². The molecule has 0 spiro atoms. The van der Waals surface area contributed by atoms with Crippen molar-refractivity contribution < 1.29 is 9.53 Å². The Morgan fingerprint density at radius 1 is 1.39 bits per heavy atom. The Kier molecular flexibility index (Phi) is 6.39.